The second-order valence-electron chi connectivity index (χ2n) is 15.8. The Kier molecular flexibility index (Phi) is 23.4. The molecule has 0 radical (unpaired) electrons. The van der Waals surface area contributed by atoms with Crippen molar-refractivity contribution in [2.45, 2.75) is 9.79 Å². The lowest BCUT2D eigenvalue weighted by Gasteiger charge is -2.12. The van der Waals surface area contributed by atoms with Gasteiger partial charge in [-0.05, 0) is 12.1 Å². The minimum Gasteiger partial charge on any atom is -0.288 e. The van der Waals surface area contributed by atoms with Crippen LogP contribution < -0.4 is 0 Å². The van der Waals surface area contributed by atoms with Crippen LogP contribution in [-0.2, 0) is 9.84 Å². The average molecular weight is 1410 g/mol. The predicted molar refractivity (Wildman–Crippen MR) is 241 cm³/mol. The molecule has 91 heavy (non-hydrogen) atoms. The first-order valence-corrected chi connectivity index (χ1v) is 23.7. The first-order valence-electron chi connectivity index (χ1n) is 21.5. The van der Waals surface area contributed by atoms with Gasteiger partial charge in [-0.2, -0.15) is 0 Å². The maximum atomic E-state index is 13.5. The van der Waals surface area contributed by atoms with Gasteiger partial charge in [0.2, 0.25) is 56.2 Å². The molecule has 0 saturated heterocycles. The Bertz CT molecular complexity index is 4070. The van der Waals surface area contributed by atoms with E-state index in [4.69, 9.17) is 36.3 Å². The van der Waals surface area contributed by atoms with Gasteiger partial charge in [-0.1, -0.05) is 47.5 Å². The second-order valence-corrected chi connectivity index (χ2v) is 18.4. The van der Waals surface area contributed by atoms with Crippen molar-refractivity contribution in [1.82, 2.24) is 0 Å². The number of benzene rings is 8. The normalized spacial score (nSPS) is 10.9. The monoisotopic (exact) mass is 1400 g/mol. The lowest BCUT2D eigenvalue weighted by Crippen LogP contribution is -2.18. The summed E-state index contributed by atoms with van der Waals surface area (Å²) in [5.74, 6) is -86.9. The van der Waals surface area contributed by atoms with Crippen LogP contribution in [0.2, 0.25) is 10.0 Å². The lowest BCUT2D eigenvalue weighted by atomic mass is 9.99. The fourth-order valence-electron chi connectivity index (χ4n) is 6.32. The van der Waals surface area contributed by atoms with Crippen LogP contribution in [0, 0.1) is 199 Å². The van der Waals surface area contributed by atoms with Crippen LogP contribution in [0.3, 0.4) is 0 Å². The highest BCUT2D eigenvalue weighted by Crippen LogP contribution is 2.40. The van der Waals surface area contributed by atoms with Crippen molar-refractivity contribution in [1.29, 1.82) is 0 Å². The predicted octanol–water partition coefficient (Wildman–Crippen LogP) is 19.0. The maximum absolute atomic E-state index is 13.5. The zero-order valence-corrected chi connectivity index (χ0v) is 43.7. The smallest absolute Gasteiger partial charge is 0.256 e. The van der Waals surface area contributed by atoms with Gasteiger partial charge >= 0.3 is 0 Å². The van der Waals surface area contributed by atoms with Crippen molar-refractivity contribution in [2.24, 2.45) is 0 Å². The van der Waals surface area contributed by atoms with Gasteiger partial charge < -0.3 is 0 Å². The molecule has 0 heterocycles. The first kappa shape index (κ1) is 74.2. The molecule has 0 aromatic heterocycles. The van der Waals surface area contributed by atoms with Gasteiger partial charge in [-0.3, -0.25) is 4.79 Å². The van der Waals surface area contributed by atoms with Crippen molar-refractivity contribution < 1.29 is 154 Å². The number of hydrogen-bond acceptors (Lipinski definition) is 3. The summed E-state index contributed by atoms with van der Waals surface area (Å²) in [7, 11) is -6.38. The number of nitrogens with zero attached hydrogens (tertiary/aromatic N) is 2. The number of ketones is 1. The Morgan fingerprint density at radius 2 is 0.473 bits per heavy atom. The SMILES string of the molecule is Fc1c(F)c(F)c(-c2c(F)c(F)c(F)c(F)c2F)c(F)c1F.O=C(c1c(F)c(F)c(F)c(F)c1F)c1c(F)c(F)c(F)c(F)c1F.O=S(=O)(c1c(F)c(F)c(F)c(F)c1F)c1c(F)c(F)c(F)c(F)c1F.[C-]#[N+]c1c(Cl)cccc1Cl.[C-]#[N+]c1c(F)cccc1F. The zero-order valence-electron chi connectivity index (χ0n) is 41.3. The largest absolute Gasteiger partial charge is 0.288 e. The minimum absolute atomic E-state index is 0.325. The third-order valence-electron chi connectivity index (χ3n) is 10.5. The molecule has 0 amide bonds. The molecule has 0 bridgehead atoms. The van der Waals surface area contributed by atoms with E-state index < -0.39 is 240 Å². The summed E-state index contributed by atoms with van der Waals surface area (Å²) >= 11 is 11.3. The minimum atomic E-state index is -6.38. The molecular formula is C51H6Cl2F32N2O3S. The van der Waals surface area contributed by atoms with Crippen LogP contribution in [0.25, 0.3) is 20.8 Å². The van der Waals surface area contributed by atoms with Crippen LogP contribution in [-0.4, -0.2) is 14.2 Å². The average Bonchev–Trinajstić information content (AvgIpc) is 0.763. The number of sulfone groups is 1. The van der Waals surface area contributed by atoms with Crippen LogP contribution >= 0.6 is 23.2 Å². The van der Waals surface area contributed by atoms with E-state index in [1.807, 2.05) is 0 Å². The summed E-state index contributed by atoms with van der Waals surface area (Å²) in [4.78, 5) is 12.0. The van der Waals surface area contributed by atoms with Crippen molar-refractivity contribution in [3.63, 3.8) is 0 Å². The van der Waals surface area contributed by atoms with Crippen molar-refractivity contribution in [3.05, 3.63) is 267 Å². The Morgan fingerprint density at radius 1 is 0.286 bits per heavy atom. The van der Waals surface area contributed by atoms with Crippen molar-refractivity contribution in [2.75, 3.05) is 0 Å². The van der Waals surface area contributed by atoms with Crippen LogP contribution in [0.1, 0.15) is 15.9 Å². The summed E-state index contributed by atoms with van der Waals surface area (Å²) in [5.41, 5.74) is -9.47. The first-order chi connectivity index (χ1) is 42.0. The zero-order chi connectivity index (χ0) is 70.0. The lowest BCUT2D eigenvalue weighted by molar-refractivity contribution is 0.101. The standard InChI is InChI=1S/C13F10O.C12F10O2S.C12F10.C7H3Cl2N.C7H3F2N/c14-3-1(4(15)8(19)11(22)7(3)18)13(24)2-5(16)9(20)12(23)10(21)6(2)17;13-1-3(15)7(19)11(8(20)4(1)16)25(23,24)12-9(21)5(17)2(14)6(18)10(12)22;13-3-1(4(14)8(18)11(21)7(3)17)2-5(15)9(19)12(22)10(20)6(2)16;2*1-10-7-5(8)3-2-4-6(7)9/h;;;2*2-4H. The van der Waals surface area contributed by atoms with Gasteiger partial charge in [-0.25, -0.2) is 159 Å². The molecule has 5 nitrogen and oxygen atoms in total. The van der Waals surface area contributed by atoms with E-state index in [9.17, 15) is 154 Å². The highest BCUT2D eigenvalue weighted by molar-refractivity contribution is 7.91. The molecule has 0 aliphatic carbocycles. The quantitative estimate of drug-likeness (QED) is 0.0431. The molecule has 0 fully saturated rings. The summed E-state index contributed by atoms with van der Waals surface area (Å²) in [6, 6.07) is 8.31. The third kappa shape index (κ3) is 13.7. The number of halogens is 34. The molecule has 8 aromatic rings. The molecule has 0 aliphatic heterocycles. The van der Waals surface area contributed by atoms with Gasteiger partial charge in [0.05, 0.1) is 24.3 Å². The van der Waals surface area contributed by atoms with E-state index in [2.05, 4.69) is 9.69 Å². The Labute approximate surface area is 490 Å². The molecule has 8 aromatic carbocycles. The van der Waals surface area contributed by atoms with Crippen LogP contribution in [0.5, 0.6) is 0 Å². The Morgan fingerprint density at radius 3 is 0.670 bits per heavy atom. The molecule has 0 saturated carbocycles. The van der Waals surface area contributed by atoms with Gasteiger partial charge in [0.1, 0.15) is 32.6 Å². The Hall–Kier alpha value is -9.30. The molecule has 0 atom stereocenters. The third-order valence-corrected chi connectivity index (χ3v) is 12.9. The van der Waals surface area contributed by atoms with Crippen LogP contribution in [0.15, 0.2) is 46.2 Å². The van der Waals surface area contributed by atoms with E-state index >= 15 is 0 Å². The molecule has 0 N–H and O–H groups in total. The van der Waals surface area contributed by atoms with Gasteiger partial charge in [0, 0.05) is 10.0 Å². The number of para-hydroxylation sites is 2. The molecule has 0 spiro atoms. The highest BCUT2D eigenvalue weighted by Gasteiger charge is 2.42. The summed E-state index contributed by atoms with van der Waals surface area (Å²) < 4.78 is 443. The maximum Gasteiger partial charge on any atom is 0.256 e. The van der Waals surface area contributed by atoms with Crippen molar-refractivity contribution in [3.8, 4) is 11.1 Å². The molecule has 40 heteroatoms. The molecular weight excluding hydrogens is 1400 g/mol. The fourth-order valence-corrected chi connectivity index (χ4v) is 8.31. The van der Waals surface area contributed by atoms with Gasteiger partial charge in [0.25, 0.3) is 5.69 Å². The number of rotatable bonds is 5. The molecule has 0 unspecified atom stereocenters. The summed E-state index contributed by atoms with van der Waals surface area (Å²) in [6.45, 7) is 13.1. The van der Waals surface area contributed by atoms with E-state index in [-0.39, 0.29) is 0 Å². The fraction of sp³-hybridized carbons (Fsp3) is 0. The number of hydrogen-bond donors (Lipinski definition) is 0. The topological polar surface area (TPSA) is 59.9 Å². The van der Waals surface area contributed by atoms with E-state index in [1.54, 1.807) is 18.2 Å². The van der Waals surface area contributed by atoms with Crippen LogP contribution in [0.4, 0.5) is 152 Å². The summed E-state index contributed by atoms with van der Waals surface area (Å²) in [6.07, 6.45) is 0. The molecule has 482 valence electrons. The highest BCUT2D eigenvalue weighted by atomic mass is 35.5. The molecule has 0 aliphatic rings. The van der Waals surface area contributed by atoms with Gasteiger partial charge in [-0.15, -0.1) is 0 Å². The second kappa shape index (κ2) is 28.7. The van der Waals surface area contributed by atoms with Gasteiger partial charge in [0.15, 0.2) is 140 Å². The number of carbonyl (C=O) groups excluding carboxylic acids is 1. The van der Waals surface area contributed by atoms with E-state index in [0.717, 1.165) is 12.1 Å². The van der Waals surface area contributed by atoms with E-state index in [0.29, 0.717) is 15.7 Å². The van der Waals surface area contributed by atoms with Crippen molar-refractivity contribution >= 4 is 50.2 Å². The molecule has 8 rings (SSSR count). The van der Waals surface area contributed by atoms with E-state index in [1.165, 1.54) is 6.07 Å². The number of carbonyl (C=O) groups is 1. The summed E-state index contributed by atoms with van der Waals surface area (Å²) in [5, 5.41) is 0.810. The Balaban J connectivity index is 0.000000253.